The number of aromatic nitrogens is 1. The molecular formula is C24H25FN4O2. The molecule has 3 aromatic rings. The highest BCUT2D eigenvalue weighted by molar-refractivity contribution is 6.04. The van der Waals surface area contributed by atoms with Crippen LogP contribution in [0.2, 0.25) is 0 Å². The number of carbonyl (C=O) groups excluding carboxylic acids is 1. The second kappa shape index (κ2) is 9.57. The van der Waals surface area contributed by atoms with Crippen molar-refractivity contribution < 1.29 is 13.9 Å². The lowest BCUT2D eigenvalue weighted by Gasteiger charge is -2.18. The van der Waals surface area contributed by atoms with Crippen LogP contribution in [0.3, 0.4) is 0 Å². The normalized spacial score (nSPS) is 15.7. The number of nitrogens with one attached hydrogen (secondary N) is 2. The second-order valence-corrected chi connectivity index (χ2v) is 7.53. The molecule has 2 heterocycles. The van der Waals surface area contributed by atoms with E-state index in [0.717, 1.165) is 37.6 Å². The van der Waals surface area contributed by atoms with Gasteiger partial charge in [0.2, 0.25) is 0 Å². The Kier molecular flexibility index (Phi) is 6.43. The number of hydrogen-bond donors (Lipinski definition) is 2. The Balaban J connectivity index is 1.28. The van der Waals surface area contributed by atoms with E-state index in [4.69, 9.17) is 4.74 Å². The van der Waals surface area contributed by atoms with E-state index in [0.29, 0.717) is 17.3 Å². The Morgan fingerprint density at radius 1 is 1.13 bits per heavy atom. The summed E-state index contributed by atoms with van der Waals surface area (Å²) in [5.41, 5.74) is 2.22. The minimum absolute atomic E-state index is 0.272. The molecule has 4 rings (SSSR count). The minimum atomic E-state index is -0.341. The van der Waals surface area contributed by atoms with Gasteiger partial charge in [0.1, 0.15) is 17.4 Å². The van der Waals surface area contributed by atoms with Gasteiger partial charge in [0.15, 0.2) is 0 Å². The number of ether oxygens (including phenoxy) is 1. The van der Waals surface area contributed by atoms with Gasteiger partial charge in [-0.25, -0.2) is 9.37 Å². The number of carbonyl (C=O) groups is 1. The number of halogens is 1. The van der Waals surface area contributed by atoms with Gasteiger partial charge in [0.25, 0.3) is 5.91 Å². The summed E-state index contributed by atoms with van der Waals surface area (Å²) in [6, 6.07) is 17.7. The first-order chi connectivity index (χ1) is 15.1. The van der Waals surface area contributed by atoms with E-state index >= 15 is 0 Å². The monoisotopic (exact) mass is 420 g/mol. The summed E-state index contributed by atoms with van der Waals surface area (Å²) < 4.78 is 18.2. The van der Waals surface area contributed by atoms with Crippen molar-refractivity contribution >= 4 is 17.4 Å². The van der Waals surface area contributed by atoms with E-state index in [1.165, 1.54) is 29.8 Å². The predicted molar refractivity (Wildman–Crippen MR) is 119 cm³/mol. The Bertz CT molecular complexity index is 1010. The van der Waals surface area contributed by atoms with Crippen LogP contribution in [0.4, 0.5) is 15.9 Å². The SMILES string of the molecule is COc1ccc(CN[C@H]2CCN(c3ccc(C(=O)Nc4ccc(F)cc4)cn3)C2)cc1. The van der Waals surface area contributed by atoms with Crippen molar-refractivity contribution in [3.05, 3.63) is 83.8 Å². The van der Waals surface area contributed by atoms with Crippen LogP contribution in [-0.4, -0.2) is 37.1 Å². The van der Waals surface area contributed by atoms with Crippen LogP contribution in [0, 0.1) is 5.82 Å². The zero-order valence-corrected chi connectivity index (χ0v) is 17.3. The molecule has 1 aliphatic heterocycles. The zero-order valence-electron chi connectivity index (χ0n) is 17.3. The standard InChI is InChI=1S/C24H25FN4O2/c1-31-22-9-2-17(3-10-22)14-26-21-12-13-29(16-21)23-11-4-18(15-27-23)24(30)28-20-7-5-19(25)6-8-20/h2-11,15,21,26H,12-14,16H2,1H3,(H,28,30)/t21-/m0/s1. The van der Waals surface area contributed by atoms with Crippen molar-refractivity contribution in [2.45, 2.75) is 19.0 Å². The van der Waals surface area contributed by atoms with Crippen molar-refractivity contribution in [3.8, 4) is 5.75 Å². The van der Waals surface area contributed by atoms with E-state index < -0.39 is 0 Å². The Hall–Kier alpha value is -3.45. The van der Waals surface area contributed by atoms with Gasteiger partial charge in [0.05, 0.1) is 12.7 Å². The number of rotatable bonds is 7. The van der Waals surface area contributed by atoms with Crippen molar-refractivity contribution in [1.29, 1.82) is 0 Å². The summed E-state index contributed by atoms with van der Waals surface area (Å²) in [4.78, 5) is 19.1. The van der Waals surface area contributed by atoms with E-state index in [2.05, 4.69) is 32.7 Å². The van der Waals surface area contributed by atoms with E-state index in [1.54, 1.807) is 19.4 Å². The van der Waals surface area contributed by atoms with Gasteiger partial charge >= 0.3 is 0 Å². The minimum Gasteiger partial charge on any atom is -0.497 e. The molecule has 1 atom stereocenters. The largest absolute Gasteiger partial charge is 0.497 e. The Morgan fingerprint density at radius 3 is 2.58 bits per heavy atom. The highest BCUT2D eigenvalue weighted by atomic mass is 19.1. The van der Waals surface area contributed by atoms with Gasteiger partial charge in [-0.1, -0.05) is 12.1 Å². The first-order valence-corrected chi connectivity index (χ1v) is 10.2. The molecule has 6 nitrogen and oxygen atoms in total. The Labute approximate surface area is 181 Å². The van der Waals surface area contributed by atoms with Gasteiger partial charge < -0.3 is 20.3 Å². The lowest BCUT2D eigenvalue weighted by Crippen LogP contribution is -2.32. The number of methoxy groups -OCH3 is 1. The molecule has 1 aromatic heterocycles. The van der Waals surface area contributed by atoms with Crippen molar-refractivity contribution in [2.75, 3.05) is 30.4 Å². The molecule has 31 heavy (non-hydrogen) atoms. The lowest BCUT2D eigenvalue weighted by atomic mass is 10.2. The molecule has 0 aliphatic carbocycles. The van der Waals surface area contributed by atoms with Gasteiger partial charge in [-0.05, 0) is 60.5 Å². The molecule has 1 amide bonds. The van der Waals surface area contributed by atoms with Crippen LogP contribution in [0.25, 0.3) is 0 Å². The zero-order chi connectivity index (χ0) is 21.6. The van der Waals surface area contributed by atoms with Crippen molar-refractivity contribution in [2.24, 2.45) is 0 Å². The highest BCUT2D eigenvalue weighted by Crippen LogP contribution is 2.20. The molecule has 1 saturated heterocycles. The van der Waals surface area contributed by atoms with Crippen molar-refractivity contribution in [1.82, 2.24) is 10.3 Å². The summed E-state index contributed by atoms with van der Waals surface area (Å²) in [7, 11) is 1.67. The molecule has 2 aromatic carbocycles. The smallest absolute Gasteiger partial charge is 0.257 e. The molecule has 0 bridgehead atoms. The maximum Gasteiger partial charge on any atom is 0.257 e. The molecule has 0 radical (unpaired) electrons. The number of hydrogen-bond acceptors (Lipinski definition) is 5. The third-order valence-electron chi connectivity index (χ3n) is 5.38. The molecule has 2 N–H and O–H groups in total. The summed E-state index contributed by atoms with van der Waals surface area (Å²) in [6.45, 7) is 2.58. The Morgan fingerprint density at radius 2 is 1.90 bits per heavy atom. The summed E-state index contributed by atoms with van der Waals surface area (Å²) in [6.07, 6.45) is 2.61. The summed E-state index contributed by atoms with van der Waals surface area (Å²) >= 11 is 0. The molecule has 0 saturated carbocycles. The fraction of sp³-hybridized carbons (Fsp3) is 0.250. The molecule has 160 valence electrons. The topological polar surface area (TPSA) is 66.5 Å². The number of benzene rings is 2. The van der Waals surface area contributed by atoms with Crippen LogP contribution in [0.1, 0.15) is 22.3 Å². The van der Waals surface area contributed by atoms with Crippen LogP contribution in [0.5, 0.6) is 5.75 Å². The average molecular weight is 420 g/mol. The first kappa shape index (κ1) is 20.8. The van der Waals surface area contributed by atoms with Crippen molar-refractivity contribution in [3.63, 3.8) is 0 Å². The molecule has 1 aliphatic rings. The molecule has 1 fully saturated rings. The number of pyridine rings is 1. The fourth-order valence-electron chi connectivity index (χ4n) is 3.58. The van der Waals surface area contributed by atoms with Crippen LogP contribution in [-0.2, 0) is 6.54 Å². The highest BCUT2D eigenvalue weighted by Gasteiger charge is 2.23. The van der Waals surface area contributed by atoms with Gasteiger partial charge in [-0.15, -0.1) is 0 Å². The first-order valence-electron chi connectivity index (χ1n) is 10.2. The molecule has 0 unspecified atom stereocenters. The summed E-state index contributed by atoms with van der Waals surface area (Å²) in [5.74, 6) is 1.10. The molecule has 7 heteroatoms. The maximum absolute atomic E-state index is 13.0. The maximum atomic E-state index is 13.0. The molecule has 0 spiro atoms. The van der Waals surface area contributed by atoms with E-state index in [9.17, 15) is 9.18 Å². The lowest BCUT2D eigenvalue weighted by molar-refractivity contribution is 0.102. The second-order valence-electron chi connectivity index (χ2n) is 7.53. The van der Waals surface area contributed by atoms with E-state index in [-0.39, 0.29) is 11.7 Å². The van der Waals surface area contributed by atoms with Gasteiger partial charge in [-0.3, -0.25) is 4.79 Å². The predicted octanol–water partition coefficient (Wildman–Crippen LogP) is 3.85. The summed E-state index contributed by atoms with van der Waals surface area (Å²) in [5, 5.41) is 6.34. The van der Waals surface area contributed by atoms with Crippen LogP contribution < -0.4 is 20.3 Å². The number of amides is 1. The average Bonchev–Trinajstić information content (AvgIpc) is 3.29. The van der Waals surface area contributed by atoms with Gasteiger partial charge in [0, 0.05) is 37.6 Å². The van der Waals surface area contributed by atoms with Gasteiger partial charge in [-0.2, -0.15) is 0 Å². The number of nitrogens with zero attached hydrogens (tertiary/aromatic N) is 2. The fourth-order valence-corrected chi connectivity index (χ4v) is 3.58. The van der Waals surface area contributed by atoms with Crippen LogP contribution >= 0.6 is 0 Å². The van der Waals surface area contributed by atoms with Crippen LogP contribution in [0.15, 0.2) is 66.9 Å². The third kappa shape index (κ3) is 5.38. The van der Waals surface area contributed by atoms with E-state index in [1.807, 2.05) is 18.2 Å². The molecular weight excluding hydrogens is 395 g/mol. The number of anilines is 2. The third-order valence-corrected chi connectivity index (χ3v) is 5.38. The quantitative estimate of drug-likeness (QED) is 0.608.